The molecule has 1 aromatic rings. The molecular weight excluding hydrogens is 152 g/mol. The zero-order valence-electron chi connectivity index (χ0n) is 7.16. The highest BCUT2D eigenvalue weighted by atomic mass is 16.1. The van der Waals surface area contributed by atoms with E-state index < -0.39 is 0 Å². The summed E-state index contributed by atoms with van der Waals surface area (Å²) in [6.45, 7) is 0. The Balaban J connectivity index is 2.15. The Morgan fingerprint density at radius 1 is 1.67 bits per heavy atom. The van der Waals surface area contributed by atoms with Crippen molar-refractivity contribution in [3.05, 3.63) is 18.0 Å². The van der Waals surface area contributed by atoms with E-state index in [1.165, 1.54) is 5.56 Å². The number of aromatic nitrogens is 2. The van der Waals surface area contributed by atoms with Crippen LogP contribution in [-0.2, 0) is 11.8 Å². The van der Waals surface area contributed by atoms with Gasteiger partial charge in [0, 0.05) is 26.1 Å². The number of aryl methyl sites for hydroxylation is 1. The quantitative estimate of drug-likeness (QED) is 0.626. The van der Waals surface area contributed by atoms with Gasteiger partial charge in [-0.25, -0.2) is 0 Å². The lowest BCUT2D eigenvalue weighted by molar-refractivity contribution is -0.117. The predicted molar refractivity (Wildman–Crippen MR) is 44.8 cm³/mol. The molecule has 1 heterocycles. The van der Waals surface area contributed by atoms with Crippen molar-refractivity contribution in [2.24, 2.45) is 7.05 Å². The summed E-state index contributed by atoms with van der Waals surface area (Å²) >= 11 is 0. The monoisotopic (exact) mass is 164 g/mol. The molecule has 0 N–H and O–H groups in total. The van der Waals surface area contributed by atoms with Gasteiger partial charge in [0.15, 0.2) is 0 Å². The molecule has 2 rings (SSSR count). The minimum Gasteiger partial charge on any atom is -0.300 e. The lowest BCUT2D eigenvalue weighted by Gasteiger charge is -2.01. The van der Waals surface area contributed by atoms with Gasteiger partial charge in [0.25, 0.3) is 0 Å². The summed E-state index contributed by atoms with van der Waals surface area (Å²) < 4.78 is 1.79. The van der Waals surface area contributed by atoms with Crippen molar-refractivity contribution < 1.29 is 4.79 Å². The highest BCUT2D eigenvalue weighted by Gasteiger charge is 2.24. The van der Waals surface area contributed by atoms with Gasteiger partial charge in [0.1, 0.15) is 5.78 Å². The summed E-state index contributed by atoms with van der Waals surface area (Å²) in [6.07, 6.45) is 6.34. The van der Waals surface area contributed by atoms with Crippen molar-refractivity contribution in [2.75, 3.05) is 0 Å². The third-order valence-corrected chi connectivity index (χ3v) is 2.44. The van der Waals surface area contributed by atoms with E-state index in [-0.39, 0.29) is 0 Å². The molecule has 1 unspecified atom stereocenters. The van der Waals surface area contributed by atoms with Crippen LogP contribution in [0.25, 0.3) is 0 Å². The van der Waals surface area contributed by atoms with Crippen LogP contribution in [0.15, 0.2) is 12.4 Å². The number of carbonyl (C=O) groups excluding carboxylic acids is 1. The van der Waals surface area contributed by atoms with Gasteiger partial charge < -0.3 is 0 Å². The molecule has 3 nitrogen and oxygen atoms in total. The lowest BCUT2D eigenvalue weighted by Crippen LogP contribution is -1.92. The van der Waals surface area contributed by atoms with E-state index in [9.17, 15) is 4.79 Å². The van der Waals surface area contributed by atoms with E-state index in [2.05, 4.69) is 5.10 Å². The van der Waals surface area contributed by atoms with Gasteiger partial charge in [-0.1, -0.05) is 0 Å². The summed E-state index contributed by atoms with van der Waals surface area (Å²) in [4.78, 5) is 11.0. The average Bonchev–Trinajstić information content (AvgIpc) is 2.58. The Morgan fingerprint density at radius 3 is 3.00 bits per heavy atom. The van der Waals surface area contributed by atoms with Gasteiger partial charge in [-0.05, 0) is 17.9 Å². The molecule has 12 heavy (non-hydrogen) atoms. The molecule has 0 aromatic carbocycles. The third kappa shape index (κ3) is 1.26. The van der Waals surface area contributed by atoms with Crippen molar-refractivity contribution in [3.63, 3.8) is 0 Å². The summed E-state index contributed by atoms with van der Waals surface area (Å²) in [6, 6.07) is 0. The topological polar surface area (TPSA) is 34.9 Å². The number of hydrogen-bond acceptors (Lipinski definition) is 2. The highest BCUT2D eigenvalue weighted by Crippen LogP contribution is 2.31. The first-order chi connectivity index (χ1) is 5.75. The fourth-order valence-corrected chi connectivity index (χ4v) is 1.75. The maximum Gasteiger partial charge on any atom is 0.133 e. The Kier molecular flexibility index (Phi) is 1.71. The van der Waals surface area contributed by atoms with E-state index >= 15 is 0 Å². The molecule has 1 aliphatic rings. The molecule has 1 aromatic heterocycles. The first-order valence-corrected chi connectivity index (χ1v) is 4.26. The molecule has 1 fully saturated rings. The number of hydrogen-bond donors (Lipinski definition) is 0. The summed E-state index contributed by atoms with van der Waals surface area (Å²) in [5.74, 6) is 0.829. The summed E-state index contributed by atoms with van der Waals surface area (Å²) in [7, 11) is 1.90. The summed E-state index contributed by atoms with van der Waals surface area (Å²) in [5, 5.41) is 4.09. The lowest BCUT2D eigenvalue weighted by atomic mass is 10.0. The molecule has 0 saturated heterocycles. The maximum atomic E-state index is 11.0. The van der Waals surface area contributed by atoms with Crippen LogP contribution in [0.2, 0.25) is 0 Å². The van der Waals surface area contributed by atoms with E-state index in [4.69, 9.17) is 0 Å². The Labute approximate surface area is 71.4 Å². The minimum absolute atomic E-state index is 0.392. The van der Waals surface area contributed by atoms with Crippen molar-refractivity contribution in [1.29, 1.82) is 0 Å². The van der Waals surface area contributed by atoms with E-state index in [0.717, 1.165) is 12.8 Å². The zero-order chi connectivity index (χ0) is 8.55. The molecule has 1 aliphatic carbocycles. The number of nitrogens with zero attached hydrogens (tertiary/aromatic N) is 2. The van der Waals surface area contributed by atoms with Gasteiger partial charge in [-0.15, -0.1) is 0 Å². The fraction of sp³-hybridized carbons (Fsp3) is 0.556. The normalized spacial score (nSPS) is 23.4. The Bertz CT molecular complexity index is 303. The molecule has 0 bridgehead atoms. The predicted octanol–water partition coefficient (Wildman–Crippen LogP) is 1.26. The first kappa shape index (κ1) is 7.53. The Morgan fingerprint density at radius 2 is 2.50 bits per heavy atom. The molecule has 64 valence electrons. The van der Waals surface area contributed by atoms with Crippen LogP contribution in [0.3, 0.4) is 0 Å². The number of rotatable bonds is 1. The fourth-order valence-electron chi connectivity index (χ4n) is 1.75. The van der Waals surface area contributed by atoms with Crippen LogP contribution in [-0.4, -0.2) is 15.6 Å². The van der Waals surface area contributed by atoms with Gasteiger partial charge in [-0.2, -0.15) is 5.10 Å². The second kappa shape index (κ2) is 2.73. The molecule has 1 atom stereocenters. The molecule has 1 saturated carbocycles. The second-order valence-corrected chi connectivity index (χ2v) is 3.43. The van der Waals surface area contributed by atoms with Gasteiger partial charge >= 0.3 is 0 Å². The third-order valence-electron chi connectivity index (χ3n) is 2.44. The van der Waals surface area contributed by atoms with Crippen molar-refractivity contribution in [1.82, 2.24) is 9.78 Å². The summed E-state index contributed by atoms with van der Waals surface area (Å²) in [5.41, 5.74) is 1.21. The molecule has 0 spiro atoms. The molecule has 0 aliphatic heterocycles. The number of ketones is 1. The first-order valence-electron chi connectivity index (χ1n) is 4.26. The average molecular weight is 164 g/mol. The standard InChI is InChI=1S/C9H12N2O/c1-11-6-8(5-10-11)7-2-3-9(12)4-7/h5-7H,2-4H2,1H3. The van der Waals surface area contributed by atoms with Crippen LogP contribution in [0, 0.1) is 0 Å². The number of carbonyl (C=O) groups is 1. The second-order valence-electron chi connectivity index (χ2n) is 3.43. The van der Waals surface area contributed by atoms with E-state index in [1.807, 2.05) is 19.4 Å². The van der Waals surface area contributed by atoms with Crippen LogP contribution in [0.5, 0.6) is 0 Å². The van der Waals surface area contributed by atoms with Crippen LogP contribution >= 0.6 is 0 Å². The van der Waals surface area contributed by atoms with Gasteiger partial charge in [0.2, 0.25) is 0 Å². The van der Waals surface area contributed by atoms with Crippen molar-refractivity contribution in [3.8, 4) is 0 Å². The van der Waals surface area contributed by atoms with Crippen molar-refractivity contribution >= 4 is 5.78 Å². The number of Topliss-reactive ketones (excluding diaryl/α,β-unsaturated/α-hetero) is 1. The van der Waals surface area contributed by atoms with E-state index in [0.29, 0.717) is 18.1 Å². The molecule has 0 radical (unpaired) electrons. The highest BCUT2D eigenvalue weighted by molar-refractivity contribution is 5.81. The zero-order valence-corrected chi connectivity index (χ0v) is 7.16. The van der Waals surface area contributed by atoms with Crippen LogP contribution in [0.4, 0.5) is 0 Å². The van der Waals surface area contributed by atoms with Gasteiger partial charge in [-0.3, -0.25) is 9.48 Å². The minimum atomic E-state index is 0.392. The molecule has 0 amide bonds. The molecule has 3 heteroatoms. The SMILES string of the molecule is Cn1cc(C2CCC(=O)C2)cn1. The van der Waals surface area contributed by atoms with E-state index in [1.54, 1.807) is 4.68 Å². The van der Waals surface area contributed by atoms with Gasteiger partial charge in [0.05, 0.1) is 6.20 Å². The van der Waals surface area contributed by atoms with Crippen LogP contribution in [0.1, 0.15) is 30.7 Å². The smallest absolute Gasteiger partial charge is 0.133 e. The van der Waals surface area contributed by atoms with Crippen LogP contribution < -0.4 is 0 Å². The largest absolute Gasteiger partial charge is 0.300 e. The Hall–Kier alpha value is -1.12. The maximum absolute atomic E-state index is 11.0. The molecular formula is C9H12N2O. The van der Waals surface area contributed by atoms with Crippen molar-refractivity contribution in [2.45, 2.75) is 25.2 Å².